The normalized spacial score (nSPS) is 12.4. The van der Waals surface area contributed by atoms with Crippen LogP contribution in [-0.4, -0.2) is 49.0 Å². The van der Waals surface area contributed by atoms with E-state index in [2.05, 4.69) is 0 Å². The summed E-state index contributed by atoms with van der Waals surface area (Å²) >= 11 is 0. The molecule has 0 heterocycles. The maximum absolute atomic E-state index is 13.3. The molecule has 0 bridgehead atoms. The summed E-state index contributed by atoms with van der Waals surface area (Å²) in [6.07, 6.45) is -4.34. The Balaban J connectivity index is 0.00000576. The van der Waals surface area contributed by atoms with E-state index in [0.29, 0.717) is 19.0 Å². The number of nitrogens with zero attached hydrogens (tertiary/aromatic N) is 1. The average Bonchev–Trinajstić information content (AvgIpc) is 2.48. The third-order valence-electron chi connectivity index (χ3n) is 3.37. The second-order valence-corrected chi connectivity index (χ2v) is 5.62. The molecule has 0 spiro atoms. The fraction of sp³-hybridized carbons (Fsp3) is 0.500. The Kier molecular flexibility index (Phi) is 8.93. The number of ether oxygens (including phenoxy) is 1. The fourth-order valence-corrected chi connectivity index (χ4v) is 2.27. The first-order chi connectivity index (χ1) is 11.1. The number of hydrogen-bond donors (Lipinski definition) is 1. The lowest BCUT2D eigenvalue weighted by Gasteiger charge is -2.21. The van der Waals surface area contributed by atoms with Gasteiger partial charge in [0, 0.05) is 18.0 Å². The molecule has 1 atom stereocenters. The van der Waals surface area contributed by atoms with Crippen molar-refractivity contribution < 1.29 is 32.6 Å². The van der Waals surface area contributed by atoms with Crippen molar-refractivity contribution in [1.82, 2.24) is 4.90 Å². The van der Waals surface area contributed by atoms with Crippen molar-refractivity contribution in [2.24, 2.45) is 5.92 Å². The largest absolute Gasteiger partial charge is 0.482 e. The number of Topliss-reactive ketones (excluding diaryl/α,β-unsaturated/α-hetero) is 1. The zero-order valence-corrected chi connectivity index (χ0v) is 14.9. The zero-order chi connectivity index (χ0) is 18.5. The summed E-state index contributed by atoms with van der Waals surface area (Å²) in [6, 6.07) is 2.88. The van der Waals surface area contributed by atoms with Crippen molar-refractivity contribution in [3.63, 3.8) is 0 Å². The van der Waals surface area contributed by atoms with Crippen molar-refractivity contribution in [1.29, 1.82) is 0 Å². The van der Waals surface area contributed by atoms with Gasteiger partial charge in [0.2, 0.25) is 0 Å². The Morgan fingerprint density at radius 1 is 1.28 bits per heavy atom. The molecule has 1 N–H and O–H groups in total. The molecule has 25 heavy (non-hydrogen) atoms. The van der Waals surface area contributed by atoms with Gasteiger partial charge in [-0.15, -0.1) is 12.4 Å². The summed E-state index contributed by atoms with van der Waals surface area (Å²) in [5.74, 6) is -2.71. The molecule has 1 aromatic carbocycles. The quantitative estimate of drug-likeness (QED) is 0.697. The fourth-order valence-electron chi connectivity index (χ4n) is 2.27. The average molecular weight is 384 g/mol. The highest BCUT2D eigenvalue weighted by Crippen LogP contribution is 2.35. The summed E-state index contributed by atoms with van der Waals surface area (Å²) in [6.45, 7) is 1.32. The lowest BCUT2D eigenvalue weighted by molar-refractivity contribution is -0.139. The molecule has 0 radical (unpaired) electrons. The Labute approximate surface area is 150 Å². The lowest BCUT2D eigenvalue weighted by Crippen LogP contribution is -2.29. The van der Waals surface area contributed by atoms with Gasteiger partial charge in [-0.2, -0.15) is 13.2 Å². The van der Waals surface area contributed by atoms with Crippen LogP contribution in [0.4, 0.5) is 13.2 Å². The van der Waals surface area contributed by atoms with Crippen molar-refractivity contribution in [3.05, 3.63) is 29.3 Å². The van der Waals surface area contributed by atoms with Crippen LogP contribution in [-0.2, 0) is 11.0 Å². The molecule has 1 aromatic rings. The molecular formula is C16H21ClF3NO4. The summed E-state index contributed by atoms with van der Waals surface area (Å²) < 4.78 is 44.6. The number of hydrogen-bond acceptors (Lipinski definition) is 4. The highest BCUT2D eigenvalue weighted by Gasteiger charge is 2.37. The van der Waals surface area contributed by atoms with E-state index in [-0.39, 0.29) is 18.2 Å². The van der Waals surface area contributed by atoms with Crippen molar-refractivity contribution in [3.8, 4) is 5.75 Å². The van der Waals surface area contributed by atoms with Crippen LogP contribution in [0.3, 0.4) is 0 Å². The second kappa shape index (κ2) is 9.62. The highest BCUT2D eigenvalue weighted by molar-refractivity contribution is 5.99. The smallest absolute Gasteiger partial charge is 0.417 e. The molecular weight excluding hydrogens is 363 g/mol. The van der Waals surface area contributed by atoms with E-state index in [1.165, 1.54) is 6.07 Å². The van der Waals surface area contributed by atoms with Crippen LogP contribution in [0.5, 0.6) is 5.75 Å². The minimum Gasteiger partial charge on any atom is -0.482 e. The molecule has 0 fully saturated rings. The van der Waals surface area contributed by atoms with Crippen LogP contribution in [0.15, 0.2) is 18.2 Å². The van der Waals surface area contributed by atoms with E-state index in [4.69, 9.17) is 9.84 Å². The van der Waals surface area contributed by atoms with Gasteiger partial charge >= 0.3 is 12.1 Å². The number of aliphatic carboxylic acids is 1. The molecule has 9 heteroatoms. The Morgan fingerprint density at radius 2 is 1.88 bits per heavy atom. The molecule has 142 valence electrons. The standard InChI is InChI=1S/C16H20F3NO4.ClH/c1-4-10(8-20(2)3)15(23)12-6-5-11(24-9-14(21)22)7-13(12)16(17,18)19;/h5-7,10H,4,8-9H2,1-3H3,(H,21,22);1H. The van der Waals surface area contributed by atoms with E-state index in [1.54, 1.807) is 25.9 Å². The molecule has 1 rings (SSSR count). The van der Waals surface area contributed by atoms with Gasteiger partial charge in [0.25, 0.3) is 0 Å². The number of benzene rings is 1. The number of carbonyl (C=O) groups is 2. The van der Waals surface area contributed by atoms with Crippen LogP contribution >= 0.6 is 12.4 Å². The third kappa shape index (κ3) is 6.91. The summed E-state index contributed by atoms with van der Waals surface area (Å²) in [4.78, 5) is 24.7. The van der Waals surface area contributed by atoms with Gasteiger partial charge in [-0.3, -0.25) is 4.79 Å². The van der Waals surface area contributed by atoms with Gasteiger partial charge in [0.1, 0.15) is 5.75 Å². The predicted molar refractivity (Wildman–Crippen MR) is 88.5 cm³/mol. The third-order valence-corrected chi connectivity index (χ3v) is 3.37. The monoisotopic (exact) mass is 383 g/mol. The topological polar surface area (TPSA) is 66.8 Å². The number of halogens is 4. The van der Waals surface area contributed by atoms with Crippen molar-refractivity contribution >= 4 is 24.2 Å². The maximum Gasteiger partial charge on any atom is 0.417 e. The second-order valence-electron chi connectivity index (χ2n) is 5.62. The highest BCUT2D eigenvalue weighted by atomic mass is 35.5. The molecule has 5 nitrogen and oxygen atoms in total. The number of carboxylic acid groups (broad SMARTS) is 1. The Bertz CT molecular complexity index is 606. The van der Waals surface area contributed by atoms with Crippen LogP contribution in [0.2, 0.25) is 0 Å². The molecule has 0 aliphatic heterocycles. The molecule has 0 aliphatic rings. The first-order valence-electron chi connectivity index (χ1n) is 7.31. The molecule has 0 aromatic heterocycles. The summed E-state index contributed by atoms with van der Waals surface area (Å²) in [5.41, 5.74) is -1.55. The van der Waals surface area contributed by atoms with E-state index >= 15 is 0 Å². The van der Waals surface area contributed by atoms with Crippen molar-refractivity contribution in [2.75, 3.05) is 27.2 Å². The van der Waals surface area contributed by atoms with E-state index < -0.39 is 41.6 Å². The Morgan fingerprint density at radius 3 is 2.32 bits per heavy atom. The van der Waals surface area contributed by atoms with Gasteiger partial charge in [0.15, 0.2) is 12.4 Å². The number of ketones is 1. The number of rotatable bonds is 8. The van der Waals surface area contributed by atoms with Gasteiger partial charge in [-0.25, -0.2) is 4.79 Å². The maximum atomic E-state index is 13.3. The first-order valence-corrected chi connectivity index (χ1v) is 7.31. The number of carboxylic acids is 1. The van der Waals surface area contributed by atoms with Crippen LogP contribution in [0, 0.1) is 5.92 Å². The van der Waals surface area contributed by atoms with E-state index in [9.17, 15) is 22.8 Å². The van der Waals surface area contributed by atoms with E-state index in [0.717, 1.165) is 6.07 Å². The molecule has 0 aliphatic carbocycles. The van der Waals surface area contributed by atoms with Crippen LogP contribution < -0.4 is 4.74 Å². The summed E-state index contributed by atoms with van der Waals surface area (Å²) in [7, 11) is 3.48. The SMILES string of the molecule is CCC(CN(C)C)C(=O)c1ccc(OCC(=O)O)cc1C(F)(F)F.Cl. The van der Waals surface area contributed by atoms with Gasteiger partial charge in [-0.05, 0) is 38.7 Å². The minimum absolute atomic E-state index is 0. The molecule has 0 amide bonds. The molecule has 0 saturated heterocycles. The number of carbonyl (C=O) groups excluding carboxylic acids is 1. The van der Waals surface area contributed by atoms with Gasteiger partial charge in [-0.1, -0.05) is 6.92 Å². The van der Waals surface area contributed by atoms with Crippen LogP contribution in [0.1, 0.15) is 29.3 Å². The van der Waals surface area contributed by atoms with E-state index in [1.807, 2.05) is 0 Å². The zero-order valence-electron chi connectivity index (χ0n) is 14.1. The van der Waals surface area contributed by atoms with Gasteiger partial charge < -0.3 is 14.7 Å². The first kappa shape index (κ1) is 23.2. The van der Waals surface area contributed by atoms with Crippen molar-refractivity contribution in [2.45, 2.75) is 19.5 Å². The molecule has 1 unspecified atom stereocenters. The Hall–Kier alpha value is -1.80. The lowest BCUT2D eigenvalue weighted by atomic mass is 9.91. The van der Waals surface area contributed by atoms with Crippen LogP contribution in [0.25, 0.3) is 0 Å². The predicted octanol–water partition coefficient (Wildman–Crippen LogP) is 3.36. The van der Waals surface area contributed by atoms with Gasteiger partial charge in [0.05, 0.1) is 5.56 Å². The summed E-state index contributed by atoms with van der Waals surface area (Å²) in [5, 5.41) is 8.53. The minimum atomic E-state index is -4.75. The molecule has 0 saturated carbocycles. The number of alkyl halides is 3.